The van der Waals surface area contributed by atoms with E-state index in [-0.39, 0.29) is 11.8 Å². The van der Waals surface area contributed by atoms with Crippen LogP contribution in [0.4, 0.5) is 0 Å². The average Bonchev–Trinajstić information content (AvgIpc) is 2.82. The summed E-state index contributed by atoms with van der Waals surface area (Å²) in [5, 5.41) is 4.53. The van der Waals surface area contributed by atoms with Crippen LogP contribution < -0.4 is 0 Å². The van der Waals surface area contributed by atoms with Crippen molar-refractivity contribution in [1.82, 2.24) is 19.6 Å². The molecule has 1 atom stereocenters. The molecule has 2 rings (SSSR count). The second kappa shape index (κ2) is 7.13. The zero-order valence-electron chi connectivity index (χ0n) is 13.4. The molecule has 0 saturated carbocycles. The lowest BCUT2D eigenvalue weighted by Crippen LogP contribution is -2.40. The van der Waals surface area contributed by atoms with Crippen molar-refractivity contribution in [3.8, 4) is 0 Å². The summed E-state index contributed by atoms with van der Waals surface area (Å²) in [5.74, 6) is 0.384. The highest BCUT2D eigenvalue weighted by atomic mass is 35.5. The predicted octanol–water partition coefficient (Wildman–Crippen LogP) is 1.79. The van der Waals surface area contributed by atoms with E-state index in [1.807, 2.05) is 4.90 Å². The molecule has 0 N–H and O–H groups in total. The van der Waals surface area contributed by atoms with E-state index >= 15 is 0 Å². The van der Waals surface area contributed by atoms with Gasteiger partial charge in [0.2, 0.25) is 5.91 Å². The number of aryl methyl sites for hydroxylation is 1. The van der Waals surface area contributed by atoms with Crippen LogP contribution in [0.1, 0.15) is 36.2 Å². The van der Waals surface area contributed by atoms with E-state index in [2.05, 4.69) is 5.10 Å². The quantitative estimate of drug-likeness (QED) is 0.847. The number of aromatic nitrogens is 2. The normalized spacial score (nSPS) is 18.4. The van der Waals surface area contributed by atoms with Gasteiger partial charge in [0.05, 0.1) is 5.02 Å². The first kappa shape index (κ1) is 16.8. The van der Waals surface area contributed by atoms with Crippen LogP contribution in [0.2, 0.25) is 5.02 Å². The Morgan fingerprint density at radius 1 is 1.45 bits per heavy atom. The number of rotatable bonds is 4. The number of halogens is 1. The van der Waals surface area contributed by atoms with Crippen molar-refractivity contribution in [3.05, 3.63) is 16.9 Å². The van der Waals surface area contributed by atoms with Gasteiger partial charge in [-0.25, -0.2) is 0 Å². The van der Waals surface area contributed by atoms with Crippen LogP contribution in [-0.4, -0.2) is 58.6 Å². The molecule has 0 aliphatic carbocycles. The first-order valence-electron chi connectivity index (χ1n) is 7.57. The maximum absolute atomic E-state index is 12.5. The summed E-state index contributed by atoms with van der Waals surface area (Å²) in [7, 11) is 5.28. The molecule has 0 aromatic carbocycles. The molecule has 6 nitrogen and oxygen atoms in total. The van der Waals surface area contributed by atoms with Crippen molar-refractivity contribution in [2.45, 2.75) is 25.7 Å². The second-order valence-corrected chi connectivity index (χ2v) is 6.49. The van der Waals surface area contributed by atoms with Gasteiger partial charge in [-0.1, -0.05) is 11.6 Å². The molecule has 1 aliphatic heterocycles. The predicted molar refractivity (Wildman–Crippen MR) is 84.8 cm³/mol. The Kier molecular flexibility index (Phi) is 5.45. The first-order chi connectivity index (χ1) is 10.4. The molecule has 2 amide bonds. The Hall–Kier alpha value is -1.56. The van der Waals surface area contributed by atoms with Crippen molar-refractivity contribution in [3.63, 3.8) is 0 Å². The standard InChI is InChI=1S/C15H23ClN4O2/c1-18(2)13(21)7-6-11-5-4-8-20(9-11)15(22)14-12(16)10-19(3)17-14/h10-11H,4-9H2,1-3H3/t11-/m1/s1. The van der Waals surface area contributed by atoms with E-state index in [1.165, 1.54) is 0 Å². The molecule has 0 spiro atoms. The highest BCUT2D eigenvalue weighted by Crippen LogP contribution is 2.24. The third-order valence-electron chi connectivity index (χ3n) is 4.06. The molecule has 122 valence electrons. The van der Waals surface area contributed by atoms with Crippen LogP contribution in [0, 0.1) is 5.92 Å². The summed E-state index contributed by atoms with van der Waals surface area (Å²) in [4.78, 5) is 27.6. The molecule has 22 heavy (non-hydrogen) atoms. The summed E-state index contributed by atoms with van der Waals surface area (Å²) >= 11 is 6.05. The summed E-state index contributed by atoms with van der Waals surface area (Å²) < 4.78 is 1.55. The van der Waals surface area contributed by atoms with Crippen molar-refractivity contribution in [2.75, 3.05) is 27.2 Å². The fourth-order valence-electron chi connectivity index (χ4n) is 2.79. The van der Waals surface area contributed by atoms with E-state index in [4.69, 9.17) is 11.6 Å². The van der Waals surface area contributed by atoms with E-state index in [1.54, 1.807) is 36.9 Å². The molecule has 2 heterocycles. The summed E-state index contributed by atoms with van der Waals surface area (Å²) in [6, 6.07) is 0. The molecule has 7 heteroatoms. The maximum atomic E-state index is 12.5. The fraction of sp³-hybridized carbons (Fsp3) is 0.667. The van der Waals surface area contributed by atoms with Crippen molar-refractivity contribution in [1.29, 1.82) is 0 Å². The maximum Gasteiger partial charge on any atom is 0.275 e. The Morgan fingerprint density at radius 2 is 2.18 bits per heavy atom. The van der Waals surface area contributed by atoms with Gasteiger partial charge < -0.3 is 9.80 Å². The monoisotopic (exact) mass is 326 g/mol. The van der Waals surface area contributed by atoms with Gasteiger partial charge in [-0.2, -0.15) is 5.10 Å². The number of hydrogen-bond acceptors (Lipinski definition) is 3. The SMILES string of the molecule is CN(C)C(=O)CC[C@H]1CCCN(C(=O)c2nn(C)cc2Cl)C1. The van der Waals surface area contributed by atoms with E-state index in [0.29, 0.717) is 29.6 Å². The van der Waals surface area contributed by atoms with Crippen LogP contribution in [0.5, 0.6) is 0 Å². The Balaban J connectivity index is 1.94. The van der Waals surface area contributed by atoms with Gasteiger partial charge in [0, 0.05) is 46.9 Å². The van der Waals surface area contributed by atoms with Gasteiger partial charge in [-0.3, -0.25) is 14.3 Å². The molecule has 0 radical (unpaired) electrons. The molecule has 1 aromatic heterocycles. The van der Waals surface area contributed by atoms with Gasteiger partial charge >= 0.3 is 0 Å². The summed E-state index contributed by atoms with van der Waals surface area (Å²) in [6.07, 6.45) is 4.99. The van der Waals surface area contributed by atoms with Crippen LogP contribution in [-0.2, 0) is 11.8 Å². The molecule has 0 bridgehead atoms. The fourth-order valence-corrected chi connectivity index (χ4v) is 3.05. The number of amides is 2. The average molecular weight is 327 g/mol. The number of likely N-dealkylation sites (tertiary alicyclic amines) is 1. The van der Waals surface area contributed by atoms with E-state index < -0.39 is 0 Å². The first-order valence-corrected chi connectivity index (χ1v) is 7.95. The van der Waals surface area contributed by atoms with E-state index in [0.717, 1.165) is 25.8 Å². The van der Waals surface area contributed by atoms with Gasteiger partial charge in [-0.15, -0.1) is 0 Å². The number of piperidine rings is 1. The Labute approximate surface area is 136 Å². The minimum absolute atomic E-state index is 0.116. The lowest BCUT2D eigenvalue weighted by Gasteiger charge is -2.32. The van der Waals surface area contributed by atoms with Crippen LogP contribution in [0.15, 0.2) is 6.20 Å². The third-order valence-corrected chi connectivity index (χ3v) is 4.33. The summed E-state index contributed by atoms with van der Waals surface area (Å²) in [6.45, 7) is 1.40. The molecule has 1 saturated heterocycles. The van der Waals surface area contributed by atoms with Gasteiger partial charge in [0.25, 0.3) is 5.91 Å². The largest absolute Gasteiger partial charge is 0.349 e. The van der Waals surface area contributed by atoms with Crippen molar-refractivity contribution < 1.29 is 9.59 Å². The van der Waals surface area contributed by atoms with E-state index in [9.17, 15) is 9.59 Å². The van der Waals surface area contributed by atoms with Crippen LogP contribution >= 0.6 is 11.6 Å². The molecule has 1 aliphatic rings. The molecule has 1 aromatic rings. The second-order valence-electron chi connectivity index (χ2n) is 6.09. The highest BCUT2D eigenvalue weighted by Gasteiger charge is 2.27. The van der Waals surface area contributed by atoms with Crippen molar-refractivity contribution >= 4 is 23.4 Å². The number of carbonyl (C=O) groups excluding carboxylic acids is 2. The summed E-state index contributed by atoms with van der Waals surface area (Å²) in [5.41, 5.74) is 0.314. The van der Waals surface area contributed by atoms with Gasteiger partial charge in [0.1, 0.15) is 0 Å². The highest BCUT2D eigenvalue weighted by molar-refractivity contribution is 6.33. The molecule has 1 fully saturated rings. The topological polar surface area (TPSA) is 58.4 Å². The lowest BCUT2D eigenvalue weighted by molar-refractivity contribution is -0.129. The number of carbonyl (C=O) groups is 2. The number of hydrogen-bond donors (Lipinski definition) is 0. The van der Waals surface area contributed by atoms with Gasteiger partial charge in [-0.05, 0) is 25.2 Å². The molecule has 0 unspecified atom stereocenters. The Bertz CT molecular complexity index is 556. The van der Waals surface area contributed by atoms with Crippen molar-refractivity contribution in [2.24, 2.45) is 13.0 Å². The zero-order chi connectivity index (χ0) is 16.3. The third kappa shape index (κ3) is 4.00. The van der Waals surface area contributed by atoms with Crippen LogP contribution in [0.25, 0.3) is 0 Å². The smallest absolute Gasteiger partial charge is 0.275 e. The van der Waals surface area contributed by atoms with Crippen LogP contribution in [0.3, 0.4) is 0 Å². The lowest BCUT2D eigenvalue weighted by atomic mass is 9.93. The Morgan fingerprint density at radius 3 is 2.77 bits per heavy atom. The minimum atomic E-state index is -0.116. The number of nitrogens with zero attached hydrogens (tertiary/aromatic N) is 4. The van der Waals surface area contributed by atoms with Gasteiger partial charge in [0.15, 0.2) is 5.69 Å². The zero-order valence-corrected chi connectivity index (χ0v) is 14.1. The minimum Gasteiger partial charge on any atom is -0.349 e. The molecular formula is C15H23ClN4O2. The molecular weight excluding hydrogens is 304 g/mol.